The van der Waals surface area contributed by atoms with E-state index in [1.54, 1.807) is 9.13 Å². The molecule has 0 radical (unpaired) electrons. The maximum Gasteiger partial charge on any atom is 0.329 e. The summed E-state index contributed by atoms with van der Waals surface area (Å²) in [6.45, 7) is 6.33. The minimum absolute atomic E-state index is 0.0384. The molecule has 160 valence electrons. The van der Waals surface area contributed by atoms with Crippen molar-refractivity contribution in [1.29, 1.82) is 0 Å². The largest absolute Gasteiger partial charge is 0.344 e. The number of sulfone groups is 1. The van der Waals surface area contributed by atoms with Crippen LogP contribution >= 0.6 is 0 Å². The van der Waals surface area contributed by atoms with Crippen molar-refractivity contribution in [1.82, 2.24) is 13.7 Å². The molecule has 1 saturated heterocycles. The molecule has 1 aliphatic heterocycles. The Bertz CT molecular complexity index is 1290. The monoisotopic (exact) mass is 429 g/mol. The van der Waals surface area contributed by atoms with Crippen molar-refractivity contribution >= 4 is 26.7 Å². The number of Topliss-reactive ketones (excluding diaryl/α,β-unsaturated/α-hetero) is 1. The van der Waals surface area contributed by atoms with Crippen molar-refractivity contribution in [2.45, 2.75) is 52.7 Å². The van der Waals surface area contributed by atoms with Crippen LogP contribution in [0.25, 0.3) is 11.0 Å². The Labute approximate surface area is 175 Å². The number of ketones is 1. The highest BCUT2D eigenvalue weighted by molar-refractivity contribution is 7.91. The van der Waals surface area contributed by atoms with E-state index >= 15 is 0 Å². The average Bonchev–Trinajstić information content (AvgIpc) is 3.29. The molecule has 7 nitrogen and oxygen atoms in total. The molecule has 0 unspecified atom stereocenters. The fourth-order valence-electron chi connectivity index (χ4n) is 4.69. The third-order valence-corrected chi connectivity index (χ3v) is 7.78. The van der Waals surface area contributed by atoms with E-state index in [9.17, 15) is 18.0 Å². The van der Waals surface area contributed by atoms with Gasteiger partial charge >= 0.3 is 5.69 Å². The van der Waals surface area contributed by atoms with Gasteiger partial charge in [-0.05, 0) is 44.9 Å². The van der Waals surface area contributed by atoms with Gasteiger partial charge in [0.25, 0.3) is 0 Å². The molecule has 4 rings (SSSR count). The van der Waals surface area contributed by atoms with Crippen LogP contribution in [0.1, 0.15) is 47.6 Å². The SMILES string of the molecule is CCCn1c(=O)n(CC(=O)c2cc(C)n([C@H]3CCS(=O)(=O)C3)c2C)c2ccccc21. The first-order valence-electron chi connectivity index (χ1n) is 10.3. The summed E-state index contributed by atoms with van der Waals surface area (Å²) in [5, 5.41) is 0. The second kappa shape index (κ2) is 7.58. The lowest BCUT2D eigenvalue weighted by Gasteiger charge is -2.16. The number of carbonyl (C=O) groups is 1. The van der Waals surface area contributed by atoms with Crippen LogP contribution < -0.4 is 5.69 Å². The Morgan fingerprint density at radius 1 is 1.13 bits per heavy atom. The van der Waals surface area contributed by atoms with E-state index in [1.165, 1.54) is 0 Å². The predicted molar refractivity (Wildman–Crippen MR) is 117 cm³/mol. The molecule has 0 N–H and O–H groups in total. The maximum atomic E-state index is 13.2. The number of imidazole rings is 1. The van der Waals surface area contributed by atoms with Gasteiger partial charge in [-0.1, -0.05) is 19.1 Å². The Hall–Kier alpha value is -2.61. The van der Waals surface area contributed by atoms with E-state index in [4.69, 9.17) is 0 Å². The Balaban J connectivity index is 1.70. The highest BCUT2D eigenvalue weighted by Crippen LogP contribution is 2.29. The van der Waals surface area contributed by atoms with Crippen molar-refractivity contribution in [2.75, 3.05) is 11.5 Å². The van der Waals surface area contributed by atoms with Crippen LogP contribution in [-0.2, 0) is 22.9 Å². The Kier molecular flexibility index (Phi) is 5.22. The number of carbonyl (C=O) groups excluding carboxylic acids is 1. The topological polar surface area (TPSA) is 83.1 Å². The summed E-state index contributed by atoms with van der Waals surface area (Å²) in [7, 11) is -3.02. The second-order valence-corrected chi connectivity index (χ2v) is 10.4. The first-order valence-corrected chi connectivity index (χ1v) is 12.2. The van der Waals surface area contributed by atoms with Gasteiger partial charge in [-0.15, -0.1) is 0 Å². The molecular weight excluding hydrogens is 402 g/mol. The lowest BCUT2D eigenvalue weighted by molar-refractivity contribution is 0.0971. The van der Waals surface area contributed by atoms with Gasteiger partial charge in [0, 0.05) is 29.5 Å². The van der Waals surface area contributed by atoms with Crippen molar-refractivity contribution in [2.24, 2.45) is 0 Å². The van der Waals surface area contributed by atoms with E-state index in [2.05, 4.69) is 0 Å². The molecule has 2 aromatic heterocycles. The van der Waals surface area contributed by atoms with Crippen molar-refractivity contribution in [3.8, 4) is 0 Å². The highest BCUT2D eigenvalue weighted by atomic mass is 32.2. The molecule has 1 aliphatic rings. The van der Waals surface area contributed by atoms with E-state index in [0.717, 1.165) is 28.8 Å². The number of para-hydroxylation sites is 2. The zero-order valence-corrected chi connectivity index (χ0v) is 18.4. The van der Waals surface area contributed by atoms with Crippen LogP contribution in [0.3, 0.4) is 0 Å². The first kappa shape index (κ1) is 20.7. The van der Waals surface area contributed by atoms with Crippen LogP contribution in [0.4, 0.5) is 0 Å². The minimum atomic E-state index is -3.02. The standard InChI is InChI=1S/C22H27N3O4S/c1-4-10-23-19-7-5-6-8-20(19)24(22(23)27)13-21(26)18-12-15(2)25(16(18)3)17-9-11-30(28,29)14-17/h5-8,12,17H,4,9-11,13-14H2,1-3H3/t17-/m0/s1. The van der Waals surface area contributed by atoms with E-state index in [1.807, 2.05) is 55.7 Å². The van der Waals surface area contributed by atoms with E-state index < -0.39 is 9.84 Å². The molecule has 8 heteroatoms. The van der Waals surface area contributed by atoms with Crippen LogP contribution in [0, 0.1) is 13.8 Å². The fraction of sp³-hybridized carbons (Fsp3) is 0.455. The van der Waals surface area contributed by atoms with Gasteiger partial charge in [0.1, 0.15) is 0 Å². The van der Waals surface area contributed by atoms with Gasteiger partial charge in [-0.3, -0.25) is 13.9 Å². The van der Waals surface area contributed by atoms with Gasteiger partial charge in [0.2, 0.25) is 0 Å². The minimum Gasteiger partial charge on any atom is -0.344 e. The van der Waals surface area contributed by atoms with Gasteiger partial charge in [0.15, 0.2) is 15.6 Å². The quantitative estimate of drug-likeness (QED) is 0.564. The maximum absolute atomic E-state index is 13.2. The van der Waals surface area contributed by atoms with Crippen molar-refractivity contribution in [3.05, 3.63) is 57.8 Å². The number of nitrogens with zero attached hydrogens (tertiary/aromatic N) is 3. The van der Waals surface area contributed by atoms with Gasteiger partial charge in [-0.2, -0.15) is 0 Å². The summed E-state index contributed by atoms with van der Waals surface area (Å²) >= 11 is 0. The molecule has 3 heterocycles. The molecule has 30 heavy (non-hydrogen) atoms. The van der Waals surface area contributed by atoms with Crippen molar-refractivity contribution < 1.29 is 13.2 Å². The molecule has 1 fully saturated rings. The van der Waals surface area contributed by atoms with Crippen molar-refractivity contribution in [3.63, 3.8) is 0 Å². The number of benzene rings is 1. The molecular formula is C22H27N3O4S. The Morgan fingerprint density at radius 2 is 1.80 bits per heavy atom. The van der Waals surface area contributed by atoms with Crippen LogP contribution in [0.2, 0.25) is 0 Å². The smallest absolute Gasteiger partial charge is 0.329 e. The van der Waals surface area contributed by atoms with E-state index in [-0.39, 0.29) is 35.6 Å². The first-order chi connectivity index (χ1) is 14.2. The average molecular weight is 430 g/mol. The fourth-order valence-corrected chi connectivity index (χ4v) is 6.39. The predicted octanol–water partition coefficient (Wildman–Crippen LogP) is 2.87. The summed E-state index contributed by atoms with van der Waals surface area (Å²) in [5.74, 6) is 0.155. The van der Waals surface area contributed by atoms with Gasteiger partial charge in [0.05, 0.1) is 29.1 Å². The van der Waals surface area contributed by atoms with Crippen LogP contribution in [0.15, 0.2) is 35.1 Å². The van der Waals surface area contributed by atoms with Gasteiger partial charge in [-0.25, -0.2) is 13.2 Å². The van der Waals surface area contributed by atoms with E-state index in [0.29, 0.717) is 18.5 Å². The normalized spacial score (nSPS) is 18.3. The Morgan fingerprint density at radius 3 is 2.40 bits per heavy atom. The molecule has 1 aromatic carbocycles. The number of rotatable bonds is 6. The molecule has 0 spiro atoms. The zero-order valence-electron chi connectivity index (χ0n) is 17.6. The van der Waals surface area contributed by atoms with Gasteiger partial charge < -0.3 is 4.57 Å². The zero-order chi connectivity index (χ0) is 21.6. The summed E-state index contributed by atoms with van der Waals surface area (Å²) in [6, 6.07) is 9.21. The third-order valence-electron chi connectivity index (χ3n) is 6.03. The third kappa shape index (κ3) is 3.43. The molecule has 1 atom stereocenters. The number of aryl methyl sites for hydroxylation is 2. The molecule has 3 aromatic rings. The number of hydrogen-bond donors (Lipinski definition) is 0. The summed E-state index contributed by atoms with van der Waals surface area (Å²) in [4.78, 5) is 26.2. The highest BCUT2D eigenvalue weighted by Gasteiger charge is 2.31. The van der Waals surface area contributed by atoms with Crippen LogP contribution in [0.5, 0.6) is 0 Å². The summed E-state index contributed by atoms with van der Waals surface area (Å²) in [6.07, 6.45) is 1.39. The summed E-state index contributed by atoms with van der Waals surface area (Å²) in [5.41, 5.74) is 3.60. The molecule has 0 aliphatic carbocycles. The lowest BCUT2D eigenvalue weighted by atomic mass is 10.1. The molecule has 0 amide bonds. The summed E-state index contributed by atoms with van der Waals surface area (Å²) < 4.78 is 29.1. The second-order valence-electron chi connectivity index (χ2n) is 8.14. The number of hydrogen-bond acceptors (Lipinski definition) is 4. The molecule has 0 saturated carbocycles. The molecule has 0 bridgehead atoms. The number of aromatic nitrogens is 3. The van der Waals surface area contributed by atoms with Crippen LogP contribution in [-0.4, -0.2) is 39.4 Å². The lowest BCUT2D eigenvalue weighted by Crippen LogP contribution is -2.27. The number of fused-ring (bicyclic) bond motifs is 1.